The van der Waals surface area contributed by atoms with E-state index in [0.29, 0.717) is 23.8 Å². The predicted octanol–water partition coefficient (Wildman–Crippen LogP) is 2.50. The number of carbonyl (C=O) groups excluding carboxylic acids is 1. The third-order valence-corrected chi connectivity index (χ3v) is 4.10. The number of carbonyl (C=O) groups is 1. The van der Waals surface area contributed by atoms with Crippen LogP contribution in [0.3, 0.4) is 0 Å². The third-order valence-electron chi connectivity index (χ3n) is 4.10. The fourth-order valence-electron chi connectivity index (χ4n) is 2.55. The third kappa shape index (κ3) is 2.66. The van der Waals surface area contributed by atoms with E-state index in [4.69, 9.17) is 0 Å². The largest absolute Gasteiger partial charge is 0.338 e. The van der Waals surface area contributed by atoms with Gasteiger partial charge in [-0.3, -0.25) is 0 Å². The molecule has 0 unspecified atom stereocenters. The summed E-state index contributed by atoms with van der Waals surface area (Å²) in [6.45, 7) is 2.96. The summed E-state index contributed by atoms with van der Waals surface area (Å²) in [5.41, 5.74) is 1.40. The van der Waals surface area contributed by atoms with E-state index in [-0.39, 0.29) is 6.03 Å². The van der Waals surface area contributed by atoms with Crippen molar-refractivity contribution < 1.29 is 4.79 Å². The van der Waals surface area contributed by atoms with E-state index in [2.05, 4.69) is 41.8 Å². The van der Waals surface area contributed by atoms with Gasteiger partial charge in [-0.1, -0.05) is 37.3 Å². The van der Waals surface area contributed by atoms with Gasteiger partial charge in [0.2, 0.25) is 0 Å². The zero-order valence-electron chi connectivity index (χ0n) is 10.7. The maximum Gasteiger partial charge on any atom is 0.315 e. The number of benzene rings is 1. The normalized spacial score (nSPS) is 32.7. The van der Waals surface area contributed by atoms with Crippen LogP contribution in [0, 0.1) is 11.8 Å². The van der Waals surface area contributed by atoms with Crippen molar-refractivity contribution in [3.63, 3.8) is 0 Å². The van der Waals surface area contributed by atoms with Gasteiger partial charge in [-0.2, -0.15) is 0 Å². The highest BCUT2D eigenvalue weighted by Crippen LogP contribution is 2.46. The molecule has 0 bridgehead atoms. The first-order valence-electron chi connectivity index (χ1n) is 6.83. The van der Waals surface area contributed by atoms with Crippen LogP contribution in [0.2, 0.25) is 0 Å². The van der Waals surface area contributed by atoms with Crippen molar-refractivity contribution in [3.8, 4) is 0 Å². The fourth-order valence-corrected chi connectivity index (χ4v) is 2.55. The molecule has 0 saturated heterocycles. The molecule has 2 fully saturated rings. The zero-order chi connectivity index (χ0) is 12.5. The van der Waals surface area contributed by atoms with Crippen molar-refractivity contribution in [2.75, 3.05) is 6.54 Å². The number of urea groups is 1. The van der Waals surface area contributed by atoms with Crippen LogP contribution < -0.4 is 10.6 Å². The molecule has 3 nitrogen and oxygen atoms in total. The highest BCUT2D eigenvalue weighted by Gasteiger charge is 2.38. The molecular formula is C15H20N2O. The first-order valence-corrected chi connectivity index (χ1v) is 6.83. The Kier molecular flexibility index (Phi) is 2.98. The van der Waals surface area contributed by atoms with Crippen LogP contribution >= 0.6 is 0 Å². The average Bonchev–Trinajstić information content (AvgIpc) is 3.27. The van der Waals surface area contributed by atoms with Gasteiger partial charge in [0.05, 0.1) is 0 Å². The molecule has 4 atom stereocenters. The lowest BCUT2D eigenvalue weighted by Gasteiger charge is -2.06. The quantitative estimate of drug-likeness (QED) is 0.839. The molecule has 0 aliphatic heterocycles. The summed E-state index contributed by atoms with van der Waals surface area (Å²) < 4.78 is 0. The molecular weight excluding hydrogens is 224 g/mol. The highest BCUT2D eigenvalue weighted by molar-refractivity contribution is 5.74. The molecule has 96 valence electrons. The van der Waals surface area contributed by atoms with Gasteiger partial charge in [0, 0.05) is 12.6 Å². The molecule has 0 radical (unpaired) electrons. The molecule has 2 N–H and O–H groups in total. The van der Waals surface area contributed by atoms with Gasteiger partial charge in [-0.15, -0.1) is 0 Å². The van der Waals surface area contributed by atoms with Crippen molar-refractivity contribution in [1.82, 2.24) is 10.6 Å². The predicted molar refractivity (Wildman–Crippen MR) is 71.4 cm³/mol. The summed E-state index contributed by atoms with van der Waals surface area (Å²) in [7, 11) is 0. The Balaban J connectivity index is 1.39. The number of rotatable bonds is 4. The topological polar surface area (TPSA) is 41.1 Å². The molecule has 3 rings (SSSR count). The summed E-state index contributed by atoms with van der Waals surface area (Å²) in [5.74, 6) is 1.93. The Morgan fingerprint density at radius 2 is 2.00 bits per heavy atom. The van der Waals surface area contributed by atoms with Gasteiger partial charge in [0.15, 0.2) is 0 Å². The van der Waals surface area contributed by atoms with Crippen molar-refractivity contribution >= 4 is 6.03 Å². The van der Waals surface area contributed by atoms with E-state index in [1.54, 1.807) is 0 Å². The summed E-state index contributed by atoms with van der Waals surface area (Å²) >= 11 is 0. The molecule has 2 aliphatic carbocycles. The molecule has 0 aromatic heterocycles. The summed E-state index contributed by atoms with van der Waals surface area (Å²) in [6, 6.07) is 11.0. The highest BCUT2D eigenvalue weighted by atomic mass is 16.2. The van der Waals surface area contributed by atoms with Crippen molar-refractivity contribution in [3.05, 3.63) is 35.9 Å². The number of hydrogen-bond donors (Lipinski definition) is 2. The van der Waals surface area contributed by atoms with E-state index in [9.17, 15) is 4.79 Å². The fraction of sp³-hybridized carbons (Fsp3) is 0.533. The smallest absolute Gasteiger partial charge is 0.315 e. The average molecular weight is 244 g/mol. The molecule has 2 saturated carbocycles. The van der Waals surface area contributed by atoms with Crippen molar-refractivity contribution in [2.24, 2.45) is 11.8 Å². The molecule has 0 spiro atoms. The van der Waals surface area contributed by atoms with E-state index in [1.807, 2.05) is 6.07 Å². The van der Waals surface area contributed by atoms with E-state index in [0.717, 1.165) is 13.0 Å². The van der Waals surface area contributed by atoms with Gasteiger partial charge >= 0.3 is 6.03 Å². The van der Waals surface area contributed by atoms with Gasteiger partial charge in [-0.05, 0) is 36.2 Å². The van der Waals surface area contributed by atoms with Crippen LogP contribution in [0.5, 0.6) is 0 Å². The Morgan fingerprint density at radius 1 is 1.28 bits per heavy atom. The van der Waals surface area contributed by atoms with Crippen molar-refractivity contribution in [1.29, 1.82) is 0 Å². The molecule has 0 heterocycles. The Hall–Kier alpha value is -1.51. The minimum Gasteiger partial charge on any atom is -0.338 e. The lowest BCUT2D eigenvalue weighted by Crippen LogP contribution is -2.38. The van der Waals surface area contributed by atoms with Gasteiger partial charge in [0.1, 0.15) is 0 Å². The minimum atomic E-state index is 0.00283. The van der Waals surface area contributed by atoms with Crippen LogP contribution in [-0.2, 0) is 0 Å². The summed E-state index contributed by atoms with van der Waals surface area (Å²) in [4.78, 5) is 11.6. The van der Waals surface area contributed by atoms with E-state index >= 15 is 0 Å². The van der Waals surface area contributed by atoms with Crippen LogP contribution in [0.4, 0.5) is 4.79 Å². The maximum absolute atomic E-state index is 11.6. The zero-order valence-corrected chi connectivity index (χ0v) is 10.7. The molecule has 3 heteroatoms. The second-order valence-electron chi connectivity index (χ2n) is 5.69. The minimum absolute atomic E-state index is 0.00283. The Morgan fingerprint density at radius 3 is 2.67 bits per heavy atom. The molecule has 18 heavy (non-hydrogen) atoms. The molecule has 2 aliphatic rings. The Labute approximate surface area is 108 Å². The Bertz CT molecular complexity index is 431. The summed E-state index contributed by atoms with van der Waals surface area (Å²) in [5, 5.41) is 5.98. The van der Waals surface area contributed by atoms with Gasteiger partial charge < -0.3 is 10.6 Å². The van der Waals surface area contributed by atoms with Gasteiger partial charge in [0.25, 0.3) is 0 Å². The molecule has 1 aromatic rings. The van der Waals surface area contributed by atoms with Crippen LogP contribution in [0.1, 0.15) is 31.2 Å². The number of nitrogens with one attached hydrogen (secondary N) is 2. The number of hydrogen-bond acceptors (Lipinski definition) is 1. The maximum atomic E-state index is 11.6. The first-order chi connectivity index (χ1) is 8.74. The monoisotopic (exact) mass is 244 g/mol. The first kappa shape index (κ1) is 11.6. The lowest BCUT2D eigenvalue weighted by atomic mass is 10.1. The second-order valence-corrected chi connectivity index (χ2v) is 5.69. The van der Waals surface area contributed by atoms with Crippen LogP contribution in [0.15, 0.2) is 30.3 Å². The van der Waals surface area contributed by atoms with Crippen molar-refractivity contribution in [2.45, 2.75) is 31.7 Å². The van der Waals surface area contributed by atoms with E-state index < -0.39 is 0 Å². The van der Waals surface area contributed by atoms with Crippen LogP contribution in [-0.4, -0.2) is 18.6 Å². The second kappa shape index (κ2) is 4.63. The lowest BCUT2D eigenvalue weighted by molar-refractivity contribution is 0.239. The van der Waals surface area contributed by atoms with Gasteiger partial charge in [-0.25, -0.2) is 4.79 Å². The standard InChI is InChI=1S/C15H20N2O/c1-10-7-14(10)17-15(18)16-9-12-8-13(12)11-5-3-2-4-6-11/h2-6,10,12-14H,7-9H2,1H3,(H2,16,17,18)/t10-,12-,13+,14+/m1/s1. The summed E-state index contributed by atoms with van der Waals surface area (Å²) in [6.07, 6.45) is 2.33. The SMILES string of the molecule is C[C@@H]1C[C@@H]1NC(=O)NC[C@H]1C[C@H]1c1ccccc1. The van der Waals surface area contributed by atoms with Crippen LogP contribution in [0.25, 0.3) is 0 Å². The number of amides is 2. The molecule has 2 amide bonds. The molecule has 1 aromatic carbocycles. The van der Waals surface area contributed by atoms with E-state index in [1.165, 1.54) is 12.0 Å².